The normalized spacial score (nSPS) is 14.2. The largest absolute Gasteiger partial charge is 0.315 e. The van der Waals surface area contributed by atoms with Gasteiger partial charge in [0.25, 0.3) is 5.91 Å². The van der Waals surface area contributed by atoms with Crippen LogP contribution in [-0.2, 0) is 16.0 Å². The first-order valence-electron chi connectivity index (χ1n) is 8.06. The molecule has 0 spiro atoms. The Morgan fingerprint density at radius 1 is 1.27 bits per heavy atom. The SMILES string of the molecule is CN1C(=O)CCc2cc(C(=O)[C@H](C#N)C(=O)Nc3ccccn3)ccc21. The summed E-state index contributed by atoms with van der Waals surface area (Å²) in [5, 5.41) is 11.8. The molecule has 0 saturated heterocycles. The van der Waals surface area contributed by atoms with Gasteiger partial charge in [0.2, 0.25) is 5.91 Å². The number of carbonyl (C=O) groups is 3. The van der Waals surface area contributed by atoms with Crippen LogP contribution in [0, 0.1) is 17.2 Å². The minimum atomic E-state index is -1.47. The van der Waals surface area contributed by atoms with Crippen molar-refractivity contribution >= 4 is 29.1 Å². The van der Waals surface area contributed by atoms with Gasteiger partial charge in [-0.1, -0.05) is 6.07 Å². The number of benzene rings is 1. The molecule has 1 aliphatic rings. The highest BCUT2D eigenvalue weighted by molar-refractivity contribution is 6.15. The van der Waals surface area contributed by atoms with Crippen LogP contribution in [0.2, 0.25) is 0 Å². The predicted molar refractivity (Wildman–Crippen MR) is 94.5 cm³/mol. The second kappa shape index (κ2) is 7.15. The molecule has 26 heavy (non-hydrogen) atoms. The average Bonchev–Trinajstić information content (AvgIpc) is 2.66. The molecule has 130 valence electrons. The van der Waals surface area contributed by atoms with Crippen LogP contribution in [0.3, 0.4) is 0 Å². The van der Waals surface area contributed by atoms with Gasteiger partial charge < -0.3 is 10.2 Å². The molecule has 1 N–H and O–H groups in total. The summed E-state index contributed by atoms with van der Waals surface area (Å²) in [7, 11) is 1.68. The van der Waals surface area contributed by atoms with Crippen LogP contribution in [0.25, 0.3) is 0 Å². The quantitative estimate of drug-likeness (QED) is 0.672. The van der Waals surface area contributed by atoms with E-state index in [9.17, 15) is 19.6 Å². The van der Waals surface area contributed by atoms with Crippen molar-refractivity contribution in [2.45, 2.75) is 12.8 Å². The van der Waals surface area contributed by atoms with Crippen LogP contribution in [0.15, 0.2) is 42.6 Å². The molecule has 1 aliphatic heterocycles. The maximum absolute atomic E-state index is 12.7. The van der Waals surface area contributed by atoms with Gasteiger partial charge in [-0.2, -0.15) is 5.26 Å². The standard InChI is InChI=1S/C19H16N4O3/c1-23-15-7-5-13(10-12(15)6-8-17(23)24)18(25)14(11-20)19(26)22-16-4-2-3-9-21-16/h2-5,7,9-10,14H,6,8H2,1H3,(H,21,22,26)/t14-/m0/s1. The van der Waals surface area contributed by atoms with E-state index in [1.807, 2.05) is 0 Å². The number of aryl methyl sites for hydroxylation is 1. The summed E-state index contributed by atoms with van der Waals surface area (Å²) in [5.41, 5.74) is 1.86. The zero-order chi connectivity index (χ0) is 18.7. The molecule has 2 amide bonds. The zero-order valence-corrected chi connectivity index (χ0v) is 14.1. The Labute approximate surface area is 150 Å². The lowest BCUT2D eigenvalue weighted by Gasteiger charge is -2.26. The Balaban J connectivity index is 1.82. The molecular formula is C19H16N4O3. The van der Waals surface area contributed by atoms with E-state index >= 15 is 0 Å². The third kappa shape index (κ3) is 3.30. The molecule has 0 fully saturated rings. The van der Waals surface area contributed by atoms with E-state index in [4.69, 9.17) is 0 Å². The number of rotatable bonds is 4. The summed E-state index contributed by atoms with van der Waals surface area (Å²) >= 11 is 0. The number of pyridine rings is 1. The van der Waals surface area contributed by atoms with E-state index in [-0.39, 0.29) is 17.3 Å². The number of nitrogens with zero attached hydrogens (tertiary/aromatic N) is 3. The number of anilines is 2. The number of ketones is 1. The maximum atomic E-state index is 12.7. The van der Waals surface area contributed by atoms with Gasteiger partial charge >= 0.3 is 0 Å². The Kier molecular flexibility index (Phi) is 4.76. The summed E-state index contributed by atoms with van der Waals surface area (Å²) in [6, 6.07) is 11.6. The molecule has 0 bridgehead atoms. The molecule has 1 atom stereocenters. The molecule has 2 aromatic rings. The Bertz CT molecular complexity index is 918. The monoisotopic (exact) mass is 348 g/mol. The molecule has 0 saturated carbocycles. The van der Waals surface area contributed by atoms with Crippen molar-refractivity contribution < 1.29 is 14.4 Å². The first kappa shape index (κ1) is 17.3. The molecular weight excluding hydrogens is 332 g/mol. The fraction of sp³-hybridized carbons (Fsp3) is 0.211. The maximum Gasteiger partial charge on any atom is 0.250 e. The third-order valence-corrected chi connectivity index (χ3v) is 4.28. The van der Waals surface area contributed by atoms with Crippen LogP contribution in [0.1, 0.15) is 22.3 Å². The fourth-order valence-corrected chi connectivity index (χ4v) is 2.85. The molecule has 1 aromatic carbocycles. The Hall–Kier alpha value is -3.53. The van der Waals surface area contributed by atoms with Crippen molar-refractivity contribution in [2.24, 2.45) is 5.92 Å². The van der Waals surface area contributed by atoms with Gasteiger partial charge in [0, 0.05) is 30.9 Å². The second-order valence-electron chi connectivity index (χ2n) is 5.93. The number of Topliss-reactive ketones (excluding diaryl/α,β-unsaturated/α-hetero) is 1. The summed E-state index contributed by atoms with van der Waals surface area (Å²) < 4.78 is 0. The number of hydrogen-bond acceptors (Lipinski definition) is 5. The molecule has 0 radical (unpaired) electrons. The Morgan fingerprint density at radius 3 is 2.77 bits per heavy atom. The van der Waals surface area contributed by atoms with Crippen LogP contribution < -0.4 is 10.2 Å². The zero-order valence-electron chi connectivity index (χ0n) is 14.1. The van der Waals surface area contributed by atoms with E-state index < -0.39 is 17.6 Å². The number of hydrogen-bond donors (Lipinski definition) is 1. The van der Waals surface area contributed by atoms with Crippen molar-refractivity contribution in [1.29, 1.82) is 5.26 Å². The minimum absolute atomic E-state index is 0.0150. The highest BCUT2D eigenvalue weighted by atomic mass is 16.2. The van der Waals surface area contributed by atoms with Crippen molar-refractivity contribution in [2.75, 3.05) is 17.3 Å². The van der Waals surface area contributed by atoms with Gasteiger partial charge in [0.1, 0.15) is 5.82 Å². The van der Waals surface area contributed by atoms with Gasteiger partial charge in [0.05, 0.1) is 6.07 Å². The first-order valence-corrected chi connectivity index (χ1v) is 8.06. The minimum Gasteiger partial charge on any atom is -0.315 e. The molecule has 0 aliphatic carbocycles. The first-order chi connectivity index (χ1) is 12.5. The average molecular weight is 348 g/mol. The van der Waals surface area contributed by atoms with Crippen molar-refractivity contribution in [3.63, 3.8) is 0 Å². The summed E-state index contributed by atoms with van der Waals surface area (Å²) in [6.45, 7) is 0. The van der Waals surface area contributed by atoms with E-state index in [2.05, 4.69) is 10.3 Å². The van der Waals surface area contributed by atoms with E-state index in [1.165, 1.54) is 12.3 Å². The van der Waals surface area contributed by atoms with Gasteiger partial charge in [-0.05, 0) is 42.3 Å². The summed E-state index contributed by atoms with van der Waals surface area (Å²) in [4.78, 5) is 42.2. The molecule has 3 rings (SSSR count). The van der Waals surface area contributed by atoms with Crippen molar-refractivity contribution in [3.8, 4) is 6.07 Å². The molecule has 7 heteroatoms. The van der Waals surface area contributed by atoms with E-state index in [0.717, 1.165) is 11.3 Å². The predicted octanol–water partition coefficient (Wildman–Crippen LogP) is 1.95. The van der Waals surface area contributed by atoms with Gasteiger partial charge in [-0.15, -0.1) is 0 Å². The molecule has 2 heterocycles. The summed E-state index contributed by atoms with van der Waals surface area (Å²) in [5.74, 6) is -2.49. The van der Waals surface area contributed by atoms with Crippen LogP contribution in [0.4, 0.5) is 11.5 Å². The lowest BCUT2D eigenvalue weighted by Crippen LogP contribution is -2.32. The molecule has 7 nitrogen and oxygen atoms in total. The lowest BCUT2D eigenvalue weighted by atomic mass is 9.93. The van der Waals surface area contributed by atoms with Gasteiger partial charge in [-0.3, -0.25) is 14.4 Å². The number of nitrogens with one attached hydrogen (secondary N) is 1. The number of fused-ring (bicyclic) bond motifs is 1. The Morgan fingerprint density at radius 2 is 2.08 bits per heavy atom. The fourth-order valence-electron chi connectivity index (χ4n) is 2.85. The number of nitriles is 1. The number of amides is 2. The van der Waals surface area contributed by atoms with E-state index in [0.29, 0.717) is 12.8 Å². The van der Waals surface area contributed by atoms with Gasteiger partial charge in [-0.25, -0.2) is 4.98 Å². The van der Waals surface area contributed by atoms with E-state index in [1.54, 1.807) is 48.3 Å². The van der Waals surface area contributed by atoms with Crippen molar-refractivity contribution in [3.05, 3.63) is 53.7 Å². The van der Waals surface area contributed by atoms with Crippen LogP contribution >= 0.6 is 0 Å². The third-order valence-electron chi connectivity index (χ3n) is 4.28. The lowest BCUT2D eigenvalue weighted by molar-refractivity contribution is -0.119. The topological polar surface area (TPSA) is 103 Å². The number of aromatic nitrogens is 1. The summed E-state index contributed by atoms with van der Waals surface area (Å²) in [6.07, 6.45) is 2.39. The van der Waals surface area contributed by atoms with Crippen LogP contribution in [-0.4, -0.2) is 29.6 Å². The second-order valence-corrected chi connectivity index (χ2v) is 5.93. The highest BCUT2D eigenvalue weighted by Crippen LogP contribution is 2.28. The van der Waals surface area contributed by atoms with Crippen molar-refractivity contribution in [1.82, 2.24) is 4.98 Å². The highest BCUT2D eigenvalue weighted by Gasteiger charge is 2.29. The number of carbonyl (C=O) groups excluding carboxylic acids is 3. The molecule has 0 unspecified atom stereocenters. The smallest absolute Gasteiger partial charge is 0.250 e. The molecule has 1 aromatic heterocycles. The van der Waals surface area contributed by atoms with Crippen LogP contribution in [0.5, 0.6) is 0 Å². The van der Waals surface area contributed by atoms with Gasteiger partial charge in [0.15, 0.2) is 11.7 Å².